The van der Waals surface area contributed by atoms with E-state index < -0.39 is 14.9 Å². The highest BCUT2D eigenvalue weighted by molar-refractivity contribution is 9.10. The third kappa shape index (κ3) is 3.13. The Labute approximate surface area is 70.4 Å². The Kier molecular flexibility index (Phi) is 4.44. The Balaban J connectivity index is 3.65. The molecule has 5 heteroatoms. The van der Waals surface area contributed by atoms with Crippen LogP contribution < -0.4 is 0 Å². The van der Waals surface area contributed by atoms with Crippen molar-refractivity contribution in [3.63, 3.8) is 0 Å². The molecule has 0 N–H and O–H groups in total. The molecule has 0 aliphatic carbocycles. The minimum atomic E-state index is -1.03. The number of carbonyl (C=O) groups excluding carboxylic acids is 1. The van der Waals surface area contributed by atoms with E-state index in [0.717, 1.165) is 0 Å². The van der Waals surface area contributed by atoms with Gasteiger partial charge < -0.3 is 0 Å². The van der Waals surface area contributed by atoms with Crippen LogP contribution in [0.1, 0.15) is 0 Å². The van der Waals surface area contributed by atoms with Crippen molar-refractivity contribution in [3.05, 3.63) is 0 Å². The van der Waals surface area contributed by atoms with Gasteiger partial charge in [0.25, 0.3) is 0 Å². The van der Waals surface area contributed by atoms with E-state index in [0.29, 0.717) is 0 Å². The summed E-state index contributed by atoms with van der Waals surface area (Å²) in [7, 11) is 0. The van der Waals surface area contributed by atoms with Crippen LogP contribution in [0.4, 0.5) is 0 Å². The van der Waals surface area contributed by atoms with E-state index in [-0.39, 0.29) is 0 Å². The first-order valence-corrected chi connectivity index (χ1v) is 3.88. The third-order valence-corrected chi connectivity index (χ3v) is 1.53. The van der Waals surface area contributed by atoms with Gasteiger partial charge in [-0.3, -0.25) is 4.79 Å². The average Bonchev–Trinajstić information content (AvgIpc) is 1.64. The van der Waals surface area contributed by atoms with E-state index in [9.17, 15) is 4.79 Å². The van der Waals surface area contributed by atoms with E-state index in [4.69, 9.17) is 34.8 Å². The molecular formula is C3H2BrCl3O. The Morgan fingerprint density at radius 2 is 1.75 bits per heavy atom. The van der Waals surface area contributed by atoms with Crippen LogP contribution in [0.2, 0.25) is 0 Å². The molecule has 0 rings (SSSR count). The normalized spacial score (nSPS) is 14.1. The van der Waals surface area contributed by atoms with E-state index in [1.165, 1.54) is 0 Å². The summed E-state index contributed by atoms with van der Waals surface area (Å²) in [6, 6.07) is 0. The Bertz CT molecular complexity index is 82.5. The number of carbonyl (C=O) groups is 1. The van der Waals surface area contributed by atoms with Crippen LogP contribution in [0.5, 0.6) is 0 Å². The molecule has 8 heavy (non-hydrogen) atoms. The number of rotatable bonds is 2. The summed E-state index contributed by atoms with van der Waals surface area (Å²) in [4.78, 5) is 9.37. The summed E-state index contributed by atoms with van der Waals surface area (Å²) in [5.74, 6) is -0.435. The number of Topliss-reactive ketones (excluding diaryl/α,β-unsaturated/α-hetero) is 1. The molecule has 48 valence electrons. The van der Waals surface area contributed by atoms with Crippen LogP contribution in [-0.4, -0.2) is 14.9 Å². The van der Waals surface area contributed by atoms with Crippen LogP contribution in [0.25, 0.3) is 0 Å². The lowest BCUT2D eigenvalue weighted by Gasteiger charge is -1.97. The van der Waals surface area contributed by atoms with Crippen molar-refractivity contribution in [1.82, 2.24) is 0 Å². The second-order valence-electron chi connectivity index (χ2n) is 1.00. The van der Waals surface area contributed by atoms with Gasteiger partial charge in [0.15, 0.2) is 10.6 Å². The molecule has 0 bridgehead atoms. The predicted molar refractivity (Wildman–Crippen MR) is 39.1 cm³/mol. The van der Waals surface area contributed by atoms with E-state index in [1.807, 2.05) is 0 Å². The second-order valence-corrected chi connectivity index (χ2v) is 3.98. The lowest BCUT2D eigenvalue weighted by molar-refractivity contribution is -0.115. The van der Waals surface area contributed by atoms with Crippen molar-refractivity contribution < 1.29 is 4.79 Å². The maximum atomic E-state index is 10.4. The summed E-state index contributed by atoms with van der Waals surface area (Å²) in [6.07, 6.45) is 0. The highest BCUT2D eigenvalue weighted by Crippen LogP contribution is 2.14. The number of hydrogen-bond donors (Lipinski definition) is 0. The molecule has 1 nitrogen and oxygen atoms in total. The standard InChI is InChI=1S/C3H2BrCl3O/c4-2(5)1(8)3(6)7/h2-3H. The zero-order valence-electron chi connectivity index (χ0n) is 3.57. The summed E-state index contributed by atoms with van der Waals surface area (Å²) in [5.41, 5.74) is 0. The lowest BCUT2D eigenvalue weighted by Crippen LogP contribution is -2.14. The number of ketones is 1. The SMILES string of the molecule is O=C(C(Cl)Cl)C(Cl)Br. The first kappa shape index (κ1) is 9.02. The second kappa shape index (κ2) is 3.94. The number of alkyl halides is 4. The van der Waals surface area contributed by atoms with Crippen molar-refractivity contribution in [2.75, 3.05) is 0 Å². The van der Waals surface area contributed by atoms with Crippen molar-refractivity contribution >= 4 is 56.5 Å². The van der Waals surface area contributed by atoms with Crippen LogP contribution in [0.3, 0.4) is 0 Å². The number of halogens is 4. The maximum Gasteiger partial charge on any atom is 0.194 e. The molecular weight excluding hydrogens is 238 g/mol. The largest absolute Gasteiger partial charge is 0.294 e. The Morgan fingerprint density at radius 1 is 1.38 bits per heavy atom. The van der Waals surface area contributed by atoms with Crippen molar-refractivity contribution in [2.45, 2.75) is 9.12 Å². The fraction of sp³-hybridized carbons (Fsp3) is 0.667. The summed E-state index contributed by atoms with van der Waals surface area (Å²) in [5, 5.41) is 0. The molecule has 0 radical (unpaired) electrons. The molecule has 0 spiro atoms. The third-order valence-electron chi connectivity index (χ3n) is 0.430. The fourth-order valence-corrected chi connectivity index (χ4v) is 1.17. The predicted octanol–water partition coefficient (Wildman–Crippen LogP) is 2.32. The molecule has 0 aliphatic rings. The molecule has 0 saturated heterocycles. The van der Waals surface area contributed by atoms with Gasteiger partial charge in [0.05, 0.1) is 0 Å². The van der Waals surface area contributed by atoms with Crippen molar-refractivity contribution in [2.24, 2.45) is 0 Å². The van der Waals surface area contributed by atoms with E-state index in [2.05, 4.69) is 15.9 Å². The minimum absolute atomic E-state index is 0.435. The lowest BCUT2D eigenvalue weighted by atomic mass is 10.5. The fourth-order valence-electron chi connectivity index (χ4n) is 0.0952. The first-order chi connectivity index (χ1) is 3.55. The van der Waals surface area contributed by atoms with Crippen LogP contribution >= 0.6 is 50.7 Å². The Hall–Kier alpha value is 1.02. The zero-order chi connectivity index (χ0) is 6.73. The van der Waals surface area contributed by atoms with Crippen LogP contribution in [0.15, 0.2) is 0 Å². The molecule has 0 amide bonds. The maximum absolute atomic E-state index is 10.4. The van der Waals surface area contributed by atoms with Gasteiger partial charge in [0, 0.05) is 0 Å². The topological polar surface area (TPSA) is 17.1 Å². The minimum Gasteiger partial charge on any atom is -0.294 e. The summed E-state index contributed by atoms with van der Waals surface area (Å²) < 4.78 is -0.775. The van der Waals surface area contributed by atoms with Crippen molar-refractivity contribution in [1.29, 1.82) is 0 Å². The molecule has 0 fully saturated rings. The molecule has 0 aromatic rings. The quantitative estimate of drug-likeness (QED) is 0.677. The van der Waals surface area contributed by atoms with Gasteiger partial charge in [-0.2, -0.15) is 0 Å². The smallest absolute Gasteiger partial charge is 0.194 e. The van der Waals surface area contributed by atoms with Gasteiger partial charge >= 0.3 is 0 Å². The van der Waals surface area contributed by atoms with Gasteiger partial charge in [-0.15, -0.1) is 11.6 Å². The average molecular weight is 240 g/mol. The van der Waals surface area contributed by atoms with Crippen molar-refractivity contribution in [3.8, 4) is 0 Å². The summed E-state index contributed by atoms with van der Waals surface area (Å²) >= 11 is 18.3. The number of hydrogen-bond acceptors (Lipinski definition) is 1. The van der Waals surface area contributed by atoms with Gasteiger partial charge in [-0.1, -0.05) is 39.1 Å². The van der Waals surface area contributed by atoms with Gasteiger partial charge in [0.2, 0.25) is 0 Å². The van der Waals surface area contributed by atoms with Gasteiger partial charge in [-0.05, 0) is 0 Å². The van der Waals surface area contributed by atoms with Crippen LogP contribution in [0, 0.1) is 0 Å². The van der Waals surface area contributed by atoms with Gasteiger partial charge in [0.1, 0.15) is 4.29 Å². The van der Waals surface area contributed by atoms with E-state index >= 15 is 0 Å². The zero-order valence-corrected chi connectivity index (χ0v) is 7.43. The van der Waals surface area contributed by atoms with Gasteiger partial charge in [-0.25, -0.2) is 0 Å². The van der Waals surface area contributed by atoms with E-state index in [1.54, 1.807) is 0 Å². The molecule has 0 aromatic heterocycles. The molecule has 0 saturated carbocycles. The molecule has 0 aliphatic heterocycles. The summed E-state index contributed by atoms with van der Waals surface area (Å²) in [6.45, 7) is 0. The van der Waals surface area contributed by atoms with Crippen LogP contribution in [-0.2, 0) is 4.79 Å². The highest BCUT2D eigenvalue weighted by atomic mass is 79.9. The molecule has 0 aromatic carbocycles. The molecule has 1 unspecified atom stereocenters. The monoisotopic (exact) mass is 238 g/mol. The highest BCUT2D eigenvalue weighted by Gasteiger charge is 2.17. The molecule has 1 atom stereocenters. The first-order valence-electron chi connectivity index (χ1n) is 1.65. The molecule has 0 heterocycles. The Morgan fingerprint density at radius 3 is 1.75 bits per heavy atom.